The number of nitrogens with two attached hydrogens (primary N) is 2. The molecule has 0 aromatic heterocycles. The van der Waals surface area contributed by atoms with Crippen molar-refractivity contribution >= 4 is 18.5 Å². The van der Waals surface area contributed by atoms with Gasteiger partial charge in [0, 0.05) is 6.04 Å². The first-order valence-electron chi connectivity index (χ1n) is 5.13. The zero-order valence-corrected chi connectivity index (χ0v) is 10.6. The molecule has 0 heterocycles. The summed E-state index contributed by atoms with van der Waals surface area (Å²) < 4.78 is 41.8. The van der Waals surface area contributed by atoms with Gasteiger partial charge in [0.25, 0.3) is 0 Å². The van der Waals surface area contributed by atoms with Gasteiger partial charge in [-0.15, -0.1) is 12.4 Å². The van der Waals surface area contributed by atoms with Crippen LogP contribution in [0, 0.1) is 0 Å². The Labute approximate surface area is 114 Å². The van der Waals surface area contributed by atoms with Crippen LogP contribution < -0.4 is 11.5 Å². The number of carbonyl (C=O) groups is 1. The van der Waals surface area contributed by atoms with Crippen LogP contribution in [0.1, 0.15) is 11.1 Å². The number of hydrogen-bond acceptors (Lipinski definition) is 3. The van der Waals surface area contributed by atoms with Crippen LogP contribution >= 0.6 is 12.4 Å². The largest absolute Gasteiger partial charge is 0.448 e. The summed E-state index contributed by atoms with van der Waals surface area (Å²) in [6.07, 6.45) is -5.18. The average Bonchev–Trinajstić information content (AvgIpc) is 2.25. The second-order valence-electron chi connectivity index (χ2n) is 3.79. The van der Waals surface area contributed by atoms with E-state index in [0.29, 0.717) is 5.56 Å². The van der Waals surface area contributed by atoms with Crippen LogP contribution in [0.25, 0.3) is 0 Å². The zero-order valence-electron chi connectivity index (χ0n) is 9.81. The highest BCUT2D eigenvalue weighted by atomic mass is 35.5. The number of hydrogen-bond donors (Lipinski definition) is 2. The van der Waals surface area contributed by atoms with Crippen LogP contribution in [0.3, 0.4) is 0 Å². The normalized spacial score (nSPS) is 12.4. The Balaban J connectivity index is 0.00000324. The predicted octanol–water partition coefficient (Wildman–Crippen LogP) is 2.09. The lowest BCUT2D eigenvalue weighted by molar-refractivity contribution is -0.137. The summed E-state index contributed by atoms with van der Waals surface area (Å²) >= 11 is 0. The molecule has 1 aromatic carbocycles. The number of primary amides is 1. The van der Waals surface area contributed by atoms with Crippen molar-refractivity contribution in [3.63, 3.8) is 0 Å². The van der Waals surface area contributed by atoms with E-state index in [0.717, 1.165) is 12.1 Å². The van der Waals surface area contributed by atoms with Crippen LogP contribution in [0.15, 0.2) is 24.3 Å². The van der Waals surface area contributed by atoms with Gasteiger partial charge in [-0.1, -0.05) is 18.2 Å². The van der Waals surface area contributed by atoms with Crippen molar-refractivity contribution < 1.29 is 22.7 Å². The standard InChI is InChI=1S/C11H13F3N2O2.ClH/c12-11(13,14)8-3-1-2-7(4-8)5-9(15)6-18-10(16)17;/h1-4,9H,5-6,15H2,(H2,16,17);1H/t9-;/m0./s1. The van der Waals surface area contributed by atoms with Gasteiger partial charge in [0.1, 0.15) is 6.61 Å². The first-order chi connectivity index (χ1) is 8.29. The Bertz CT molecular complexity index is 427. The molecule has 4 N–H and O–H groups in total. The van der Waals surface area contributed by atoms with E-state index in [4.69, 9.17) is 11.5 Å². The number of halogens is 4. The molecule has 108 valence electrons. The minimum absolute atomic E-state index is 0. The van der Waals surface area contributed by atoms with Crippen molar-refractivity contribution in [3.8, 4) is 0 Å². The van der Waals surface area contributed by atoms with E-state index in [1.807, 2.05) is 0 Å². The Morgan fingerprint density at radius 1 is 1.37 bits per heavy atom. The van der Waals surface area contributed by atoms with E-state index in [1.165, 1.54) is 12.1 Å². The molecular formula is C11H14ClF3N2O2. The lowest BCUT2D eigenvalue weighted by atomic mass is 10.0. The Morgan fingerprint density at radius 3 is 2.53 bits per heavy atom. The van der Waals surface area contributed by atoms with Crippen LogP contribution in [0.4, 0.5) is 18.0 Å². The van der Waals surface area contributed by atoms with Gasteiger partial charge in [-0.05, 0) is 18.1 Å². The fourth-order valence-electron chi connectivity index (χ4n) is 1.43. The van der Waals surface area contributed by atoms with Gasteiger partial charge in [-0.25, -0.2) is 4.79 Å². The number of carbonyl (C=O) groups excluding carboxylic acids is 1. The summed E-state index contributed by atoms with van der Waals surface area (Å²) in [6, 6.07) is 4.24. The molecule has 1 rings (SSSR count). The summed E-state index contributed by atoms with van der Waals surface area (Å²) in [5, 5.41) is 0. The van der Waals surface area contributed by atoms with Gasteiger partial charge in [0.2, 0.25) is 0 Å². The highest BCUT2D eigenvalue weighted by Crippen LogP contribution is 2.29. The van der Waals surface area contributed by atoms with Crippen molar-refractivity contribution in [2.75, 3.05) is 6.61 Å². The lowest BCUT2D eigenvalue weighted by Crippen LogP contribution is -2.31. The van der Waals surface area contributed by atoms with E-state index in [-0.39, 0.29) is 25.4 Å². The third kappa shape index (κ3) is 6.30. The SMILES string of the molecule is Cl.NC(=O)OC[C@@H](N)Cc1cccc(C(F)(F)F)c1. The highest BCUT2D eigenvalue weighted by Gasteiger charge is 2.30. The third-order valence-electron chi connectivity index (χ3n) is 2.19. The topological polar surface area (TPSA) is 78.3 Å². The molecule has 0 saturated heterocycles. The highest BCUT2D eigenvalue weighted by molar-refractivity contribution is 5.85. The van der Waals surface area contributed by atoms with Crippen molar-refractivity contribution in [2.24, 2.45) is 11.5 Å². The molecule has 0 bridgehead atoms. The van der Waals surface area contributed by atoms with E-state index in [2.05, 4.69) is 4.74 Å². The molecule has 1 atom stereocenters. The predicted molar refractivity (Wildman–Crippen MR) is 65.9 cm³/mol. The molecule has 0 aliphatic heterocycles. The van der Waals surface area contributed by atoms with Gasteiger partial charge >= 0.3 is 12.3 Å². The average molecular weight is 299 g/mol. The minimum Gasteiger partial charge on any atom is -0.448 e. The molecule has 0 aliphatic rings. The molecule has 0 unspecified atom stereocenters. The number of amides is 1. The van der Waals surface area contributed by atoms with Crippen LogP contribution in [-0.2, 0) is 17.3 Å². The van der Waals surface area contributed by atoms with E-state index in [9.17, 15) is 18.0 Å². The number of alkyl halides is 3. The Morgan fingerprint density at radius 2 is 2.00 bits per heavy atom. The summed E-state index contributed by atoms with van der Waals surface area (Å²) in [5.41, 5.74) is 10.0. The third-order valence-corrected chi connectivity index (χ3v) is 2.19. The molecule has 0 spiro atoms. The van der Waals surface area contributed by atoms with Crippen LogP contribution in [-0.4, -0.2) is 18.7 Å². The number of rotatable bonds is 4. The number of benzene rings is 1. The fourth-order valence-corrected chi connectivity index (χ4v) is 1.43. The quantitative estimate of drug-likeness (QED) is 0.893. The Kier molecular flexibility index (Phi) is 6.64. The van der Waals surface area contributed by atoms with E-state index >= 15 is 0 Å². The Hall–Kier alpha value is -1.47. The summed E-state index contributed by atoms with van der Waals surface area (Å²) in [4.78, 5) is 10.3. The van der Waals surface area contributed by atoms with Crippen molar-refractivity contribution in [3.05, 3.63) is 35.4 Å². The second-order valence-corrected chi connectivity index (χ2v) is 3.79. The molecule has 0 aliphatic carbocycles. The molecule has 4 nitrogen and oxygen atoms in total. The molecule has 1 amide bonds. The van der Waals surface area contributed by atoms with Crippen LogP contribution in [0.2, 0.25) is 0 Å². The summed E-state index contributed by atoms with van der Waals surface area (Å²) in [5.74, 6) is 0. The first-order valence-corrected chi connectivity index (χ1v) is 5.13. The molecule has 19 heavy (non-hydrogen) atoms. The maximum absolute atomic E-state index is 12.4. The molecule has 0 fully saturated rings. The summed E-state index contributed by atoms with van der Waals surface area (Å²) in [6.45, 7) is -0.133. The molecular weight excluding hydrogens is 285 g/mol. The van der Waals surface area contributed by atoms with Crippen LogP contribution in [0.5, 0.6) is 0 Å². The van der Waals surface area contributed by atoms with E-state index < -0.39 is 23.9 Å². The minimum atomic E-state index is -4.39. The maximum atomic E-state index is 12.4. The van der Waals surface area contributed by atoms with Crippen molar-refractivity contribution in [2.45, 2.75) is 18.6 Å². The monoisotopic (exact) mass is 298 g/mol. The second kappa shape index (κ2) is 7.20. The van der Waals surface area contributed by atoms with Gasteiger partial charge in [-0.2, -0.15) is 13.2 Å². The van der Waals surface area contributed by atoms with Crippen molar-refractivity contribution in [1.82, 2.24) is 0 Å². The van der Waals surface area contributed by atoms with Gasteiger partial charge in [0.15, 0.2) is 0 Å². The smallest absolute Gasteiger partial charge is 0.416 e. The lowest BCUT2D eigenvalue weighted by Gasteiger charge is -2.13. The molecule has 1 aromatic rings. The number of ether oxygens (including phenoxy) is 1. The zero-order chi connectivity index (χ0) is 13.8. The first kappa shape index (κ1) is 17.5. The maximum Gasteiger partial charge on any atom is 0.416 e. The molecule has 8 heteroatoms. The van der Waals surface area contributed by atoms with Gasteiger partial charge < -0.3 is 16.2 Å². The van der Waals surface area contributed by atoms with Gasteiger partial charge in [-0.3, -0.25) is 0 Å². The van der Waals surface area contributed by atoms with Gasteiger partial charge in [0.05, 0.1) is 5.56 Å². The summed E-state index contributed by atoms with van der Waals surface area (Å²) in [7, 11) is 0. The van der Waals surface area contributed by atoms with E-state index in [1.54, 1.807) is 0 Å². The van der Waals surface area contributed by atoms with Crippen molar-refractivity contribution in [1.29, 1.82) is 0 Å². The molecule has 0 saturated carbocycles. The molecule has 0 radical (unpaired) electrons. The fraction of sp³-hybridized carbons (Fsp3) is 0.364.